The maximum Gasteiger partial charge on any atom is 0.397 e. The lowest BCUT2D eigenvalue weighted by atomic mass is 10.1. The highest BCUT2D eigenvalue weighted by molar-refractivity contribution is 5.86. The molecule has 0 radical (unpaired) electrons. The minimum atomic E-state index is -0.609. The van der Waals surface area contributed by atoms with Gasteiger partial charge in [-0.25, -0.2) is 4.79 Å². The zero-order chi connectivity index (χ0) is 13.2. The standard InChI is InChI=1S/C13H11N3O3/c1-2-18-13(17)12-15-11(16-19-12)9-4-3-8-5-6-14-10(8)7-9/h3-7,14H,2H2,1H3. The molecular formula is C13H11N3O3. The van der Waals surface area contributed by atoms with Crippen LogP contribution in [-0.4, -0.2) is 27.7 Å². The van der Waals surface area contributed by atoms with Crippen LogP contribution in [0.25, 0.3) is 22.3 Å². The number of nitrogens with one attached hydrogen (secondary N) is 1. The first kappa shape index (κ1) is 11.5. The van der Waals surface area contributed by atoms with Crippen molar-refractivity contribution < 1.29 is 14.1 Å². The van der Waals surface area contributed by atoms with Gasteiger partial charge in [-0.1, -0.05) is 17.3 Å². The molecule has 1 aromatic carbocycles. The van der Waals surface area contributed by atoms with Crippen LogP contribution in [0.2, 0.25) is 0 Å². The minimum Gasteiger partial charge on any atom is -0.459 e. The molecule has 0 saturated carbocycles. The van der Waals surface area contributed by atoms with Gasteiger partial charge in [-0.2, -0.15) is 4.98 Å². The Morgan fingerprint density at radius 3 is 3.16 bits per heavy atom. The second-order valence-corrected chi connectivity index (χ2v) is 3.92. The highest BCUT2D eigenvalue weighted by Crippen LogP contribution is 2.21. The number of hydrogen-bond acceptors (Lipinski definition) is 5. The molecule has 0 aliphatic rings. The van der Waals surface area contributed by atoms with Crippen molar-refractivity contribution in [3.8, 4) is 11.4 Å². The lowest BCUT2D eigenvalue weighted by Crippen LogP contribution is -2.04. The van der Waals surface area contributed by atoms with Gasteiger partial charge in [0.2, 0.25) is 5.82 Å². The molecule has 0 aliphatic carbocycles. The number of esters is 1. The van der Waals surface area contributed by atoms with E-state index < -0.39 is 5.97 Å². The maximum atomic E-state index is 11.4. The third kappa shape index (κ3) is 2.08. The largest absolute Gasteiger partial charge is 0.459 e. The lowest BCUT2D eigenvalue weighted by Gasteiger charge is -1.95. The summed E-state index contributed by atoms with van der Waals surface area (Å²) < 4.78 is 9.67. The van der Waals surface area contributed by atoms with E-state index in [1.807, 2.05) is 30.5 Å². The molecule has 0 bridgehead atoms. The summed E-state index contributed by atoms with van der Waals surface area (Å²) in [5.41, 5.74) is 1.74. The molecule has 1 N–H and O–H groups in total. The normalized spacial score (nSPS) is 10.8. The number of aromatic nitrogens is 3. The van der Waals surface area contributed by atoms with E-state index in [2.05, 4.69) is 15.1 Å². The van der Waals surface area contributed by atoms with Crippen molar-refractivity contribution in [2.24, 2.45) is 0 Å². The van der Waals surface area contributed by atoms with Gasteiger partial charge in [-0.15, -0.1) is 0 Å². The summed E-state index contributed by atoms with van der Waals surface area (Å²) in [6.45, 7) is 1.99. The predicted octanol–water partition coefficient (Wildman–Crippen LogP) is 2.39. The van der Waals surface area contributed by atoms with Gasteiger partial charge >= 0.3 is 11.9 Å². The number of carbonyl (C=O) groups is 1. The van der Waals surface area contributed by atoms with Crippen LogP contribution < -0.4 is 0 Å². The highest BCUT2D eigenvalue weighted by atomic mass is 16.6. The van der Waals surface area contributed by atoms with Crippen molar-refractivity contribution in [2.45, 2.75) is 6.92 Å². The van der Waals surface area contributed by atoms with E-state index in [4.69, 9.17) is 9.26 Å². The van der Waals surface area contributed by atoms with Crippen LogP contribution in [-0.2, 0) is 4.74 Å². The van der Waals surface area contributed by atoms with Crippen molar-refractivity contribution in [3.05, 3.63) is 36.4 Å². The van der Waals surface area contributed by atoms with Gasteiger partial charge in [0.25, 0.3) is 0 Å². The predicted molar refractivity (Wildman–Crippen MR) is 67.5 cm³/mol. The number of H-pyrrole nitrogens is 1. The molecule has 3 rings (SSSR count). The first-order valence-corrected chi connectivity index (χ1v) is 5.86. The lowest BCUT2D eigenvalue weighted by molar-refractivity contribution is 0.0470. The second kappa shape index (κ2) is 4.56. The monoisotopic (exact) mass is 257 g/mol. The number of carbonyl (C=O) groups excluding carboxylic acids is 1. The quantitative estimate of drug-likeness (QED) is 0.728. The summed E-state index contributed by atoms with van der Waals surface area (Å²) in [6.07, 6.45) is 1.86. The molecule has 0 saturated heterocycles. The van der Waals surface area contributed by atoms with E-state index in [0.717, 1.165) is 16.5 Å². The van der Waals surface area contributed by atoms with Crippen molar-refractivity contribution in [1.29, 1.82) is 0 Å². The number of ether oxygens (including phenoxy) is 1. The van der Waals surface area contributed by atoms with Crippen molar-refractivity contribution in [3.63, 3.8) is 0 Å². The number of rotatable bonds is 3. The zero-order valence-electron chi connectivity index (χ0n) is 10.2. The zero-order valence-corrected chi connectivity index (χ0v) is 10.2. The van der Waals surface area contributed by atoms with Gasteiger partial charge in [-0.05, 0) is 24.4 Å². The topological polar surface area (TPSA) is 81.0 Å². The smallest absolute Gasteiger partial charge is 0.397 e. The molecule has 19 heavy (non-hydrogen) atoms. The Kier molecular flexibility index (Phi) is 2.75. The molecule has 0 atom stereocenters. The van der Waals surface area contributed by atoms with Crippen LogP contribution in [0, 0.1) is 0 Å². The van der Waals surface area contributed by atoms with Crippen LogP contribution in [0.4, 0.5) is 0 Å². The van der Waals surface area contributed by atoms with Crippen LogP contribution in [0.3, 0.4) is 0 Å². The Morgan fingerprint density at radius 1 is 1.42 bits per heavy atom. The summed E-state index contributed by atoms with van der Waals surface area (Å²) in [6, 6.07) is 7.69. The number of fused-ring (bicyclic) bond motifs is 1. The van der Waals surface area contributed by atoms with Crippen LogP contribution in [0.5, 0.6) is 0 Å². The van der Waals surface area contributed by atoms with E-state index in [1.165, 1.54) is 0 Å². The Labute approximate surface area is 108 Å². The van der Waals surface area contributed by atoms with Crippen molar-refractivity contribution >= 4 is 16.9 Å². The molecule has 3 aromatic rings. The maximum absolute atomic E-state index is 11.4. The molecule has 96 valence electrons. The molecule has 0 aliphatic heterocycles. The van der Waals surface area contributed by atoms with E-state index >= 15 is 0 Å². The van der Waals surface area contributed by atoms with Crippen molar-refractivity contribution in [2.75, 3.05) is 6.61 Å². The Morgan fingerprint density at radius 2 is 2.32 bits per heavy atom. The van der Waals surface area contributed by atoms with E-state index in [9.17, 15) is 4.79 Å². The summed E-state index contributed by atoms with van der Waals surface area (Å²) in [5.74, 6) is -0.384. The first-order chi connectivity index (χ1) is 9.28. The minimum absolute atomic E-state index is 0.136. The molecule has 6 heteroatoms. The highest BCUT2D eigenvalue weighted by Gasteiger charge is 2.17. The third-order valence-electron chi connectivity index (χ3n) is 2.69. The fourth-order valence-corrected chi connectivity index (χ4v) is 1.80. The number of benzene rings is 1. The van der Waals surface area contributed by atoms with Gasteiger partial charge < -0.3 is 14.2 Å². The number of aromatic amines is 1. The Balaban J connectivity index is 1.95. The van der Waals surface area contributed by atoms with Gasteiger partial charge in [0.1, 0.15) is 0 Å². The van der Waals surface area contributed by atoms with Crippen LogP contribution in [0.1, 0.15) is 17.6 Å². The van der Waals surface area contributed by atoms with Gasteiger partial charge in [0, 0.05) is 17.3 Å². The van der Waals surface area contributed by atoms with Gasteiger partial charge in [0.15, 0.2) is 0 Å². The van der Waals surface area contributed by atoms with Gasteiger partial charge in [0.05, 0.1) is 6.61 Å². The fourth-order valence-electron chi connectivity index (χ4n) is 1.80. The molecular weight excluding hydrogens is 246 g/mol. The molecule has 0 amide bonds. The summed E-state index contributed by atoms with van der Waals surface area (Å²) >= 11 is 0. The first-order valence-electron chi connectivity index (χ1n) is 5.86. The van der Waals surface area contributed by atoms with E-state index in [0.29, 0.717) is 5.82 Å². The average molecular weight is 257 g/mol. The number of hydrogen-bond donors (Lipinski definition) is 1. The van der Waals surface area contributed by atoms with Crippen LogP contribution in [0.15, 0.2) is 35.0 Å². The molecule has 0 fully saturated rings. The van der Waals surface area contributed by atoms with Gasteiger partial charge in [-0.3, -0.25) is 0 Å². The molecule has 0 spiro atoms. The SMILES string of the molecule is CCOC(=O)c1nc(-c2ccc3cc[nH]c3c2)no1. The third-order valence-corrected chi connectivity index (χ3v) is 2.69. The summed E-state index contributed by atoms with van der Waals surface area (Å²) in [5, 5.41) is 4.88. The van der Waals surface area contributed by atoms with Crippen molar-refractivity contribution in [1.82, 2.24) is 15.1 Å². The molecule has 2 aromatic heterocycles. The fraction of sp³-hybridized carbons (Fsp3) is 0.154. The number of nitrogens with zero attached hydrogens (tertiary/aromatic N) is 2. The second-order valence-electron chi connectivity index (χ2n) is 3.92. The Hall–Kier alpha value is -2.63. The molecule has 6 nitrogen and oxygen atoms in total. The Bertz CT molecular complexity index is 729. The molecule has 0 unspecified atom stereocenters. The summed E-state index contributed by atoms with van der Waals surface area (Å²) in [7, 11) is 0. The van der Waals surface area contributed by atoms with Crippen LogP contribution >= 0.6 is 0 Å². The average Bonchev–Trinajstić information content (AvgIpc) is 3.07. The van der Waals surface area contributed by atoms with E-state index in [-0.39, 0.29) is 12.5 Å². The summed E-state index contributed by atoms with van der Waals surface area (Å²) in [4.78, 5) is 18.6. The molecule has 2 heterocycles. The van der Waals surface area contributed by atoms with E-state index in [1.54, 1.807) is 6.92 Å².